The van der Waals surface area contributed by atoms with E-state index in [0.717, 1.165) is 0 Å². The molecule has 2 atom stereocenters. The fourth-order valence-electron chi connectivity index (χ4n) is 2.25. The van der Waals surface area contributed by atoms with Crippen LogP contribution in [0.3, 0.4) is 0 Å². The molecule has 0 amide bonds. The average molecular weight is 278 g/mol. The quantitative estimate of drug-likeness (QED) is 0.384. The van der Waals surface area contributed by atoms with Gasteiger partial charge in [-0.15, -0.1) is 0 Å². The molecule has 0 spiro atoms. The molecule has 0 unspecified atom stereocenters. The Morgan fingerprint density at radius 2 is 1.85 bits per heavy atom. The van der Waals surface area contributed by atoms with Crippen LogP contribution in [0.2, 0.25) is 0 Å². The maximum absolute atomic E-state index is 11.8. The van der Waals surface area contributed by atoms with Gasteiger partial charge in [0, 0.05) is 12.8 Å². The minimum atomic E-state index is -0.607. The molecule has 1 heterocycles. The molecule has 5 heteroatoms. The zero-order valence-corrected chi connectivity index (χ0v) is 11.5. The fraction of sp³-hybridized carbons (Fsp3) is 0.533. The molecule has 5 nitrogen and oxygen atoms in total. The van der Waals surface area contributed by atoms with E-state index < -0.39 is 18.0 Å². The summed E-state index contributed by atoms with van der Waals surface area (Å²) in [5, 5.41) is 0. The largest absolute Gasteiger partial charge is 0.462 e. The predicted octanol–water partition coefficient (Wildman–Crippen LogP) is 1.86. The molecule has 0 saturated heterocycles. The van der Waals surface area contributed by atoms with E-state index >= 15 is 0 Å². The Balaban J connectivity index is 2.15. The van der Waals surface area contributed by atoms with Gasteiger partial charge in [-0.25, -0.2) is 0 Å². The Morgan fingerprint density at radius 1 is 1.10 bits per heavy atom. The Labute approximate surface area is 117 Å². The number of cyclic esters (lactones) is 1. The molecule has 0 saturated carbocycles. The number of allylic oxidation sites excluding steroid dienone is 2. The standard InChI is InChI=1S/C15H18O5/c1-10-4-2-3-5-11-8-12(6-7-13(11)16)20-15(18)9-14(17)19-10/h2-3,8,10,12H,4-7,9H2,1H3/b3-2+/t10-,12-/m0/s1. The first-order valence-corrected chi connectivity index (χ1v) is 6.82. The molecule has 20 heavy (non-hydrogen) atoms. The third kappa shape index (κ3) is 4.05. The summed E-state index contributed by atoms with van der Waals surface area (Å²) < 4.78 is 10.3. The van der Waals surface area contributed by atoms with Gasteiger partial charge < -0.3 is 9.47 Å². The number of hydrogen-bond donors (Lipinski definition) is 0. The van der Waals surface area contributed by atoms with E-state index in [-0.39, 0.29) is 18.3 Å². The molecule has 1 aliphatic carbocycles. The predicted molar refractivity (Wildman–Crippen MR) is 70.7 cm³/mol. The van der Waals surface area contributed by atoms with Gasteiger partial charge in [-0.05, 0) is 31.4 Å². The first kappa shape index (κ1) is 14.5. The van der Waals surface area contributed by atoms with Crippen LogP contribution >= 0.6 is 0 Å². The summed E-state index contributed by atoms with van der Waals surface area (Å²) in [7, 11) is 0. The summed E-state index contributed by atoms with van der Waals surface area (Å²) in [4.78, 5) is 34.9. The van der Waals surface area contributed by atoms with Crippen molar-refractivity contribution in [2.75, 3.05) is 0 Å². The van der Waals surface area contributed by atoms with Gasteiger partial charge in [0.1, 0.15) is 18.6 Å². The molecule has 108 valence electrons. The van der Waals surface area contributed by atoms with Crippen molar-refractivity contribution in [3.05, 3.63) is 23.8 Å². The molecule has 0 aromatic heterocycles. The molecule has 0 N–H and O–H groups in total. The highest BCUT2D eigenvalue weighted by molar-refractivity contribution is 5.96. The van der Waals surface area contributed by atoms with Crippen molar-refractivity contribution in [3.63, 3.8) is 0 Å². The van der Waals surface area contributed by atoms with Gasteiger partial charge in [-0.3, -0.25) is 14.4 Å². The van der Waals surface area contributed by atoms with Crippen molar-refractivity contribution < 1.29 is 23.9 Å². The second-order valence-electron chi connectivity index (χ2n) is 5.07. The van der Waals surface area contributed by atoms with Gasteiger partial charge in [0.15, 0.2) is 5.78 Å². The van der Waals surface area contributed by atoms with E-state index in [1.54, 1.807) is 13.0 Å². The third-order valence-electron chi connectivity index (χ3n) is 3.28. The number of carbonyl (C=O) groups is 3. The number of hydrogen-bond acceptors (Lipinski definition) is 5. The lowest BCUT2D eigenvalue weighted by Gasteiger charge is -2.20. The molecule has 0 aromatic rings. The van der Waals surface area contributed by atoms with Gasteiger partial charge in [0.05, 0.1) is 0 Å². The molecule has 0 aromatic carbocycles. The Morgan fingerprint density at radius 3 is 2.65 bits per heavy atom. The number of ketones is 1. The first-order chi connectivity index (χ1) is 9.54. The maximum atomic E-state index is 11.8. The molecule has 2 rings (SSSR count). The summed E-state index contributed by atoms with van der Waals surface area (Å²) in [6.07, 6.45) is 6.29. The third-order valence-corrected chi connectivity index (χ3v) is 3.28. The van der Waals surface area contributed by atoms with E-state index in [1.165, 1.54) is 0 Å². The lowest BCUT2D eigenvalue weighted by atomic mass is 9.93. The molecule has 1 aliphatic heterocycles. The van der Waals surface area contributed by atoms with Crippen molar-refractivity contribution in [3.8, 4) is 0 Å². The number of carbonyl (C=O) groups excluding carboxylic acids is 3. The number of Topliss-reactive ketones (excluding diaryl/α,β-unsaturated/α-hetero) is 1. The van der Waals surface area contributed by atoms with Crippen LogP contribution in [0.25, 0.3) is 0 Å². The van der Waals surface area contributed by atoms with Crippen LogP contribution in [-0.2, 0) is 23.9 Å². The SMILES string of the molecule is C[C@H]1C/C=C/CC2=C[C@H](CCC2=O)OC(=O)CC(=O)O1. The Bertz CT molecular complexity index is 475. The van der Waals surface area contributed by atoms with Crippen LogP contribution in [-0.4, -0.2) is 29.9 Å². The monoisotopic (exact) mass is 278 g/mol. The van der Waals surface area contributed by atoms with Crippen molar-refractivity contribution in [1.29, 1.82) is 0 Å². The van der Waals surface area contributed by atoms with E-state index in [1.807, 2.05) is 12.2 Å². The van der Waals surface area contributed by atoms with Crippen LogP contribution in [0, 0.1) is 0 Å². The second-order valence-corrected chi connectivity index (χ2v) is 5.07. The zero-order valence-electron chi connectivity index (χ0n) is 11.5. The van der Waals surface area contributed by atoms with E-state index in [4.69, 9.17) is 9.47 Å². The number of ether oxygens (including phenoxy) is 2. The molecule has 0 radical (unpaired) electrons. The minimum absolute atomic E-state index is 0.0946. The average Bonchev–Trinajstić information content (AvgIpc) is 2.37. The lowest BCUT2D eigenvalue weighted by molar-refractivity contribution is -0.159. The summed E-state index contributed by atoms with van der Waals surface area (Å²) in [6, 6.07) is 0. The summed E-state index contributed by atoms with van der Waals surface area (Å²) in [5.41, 5.74) is 0.671. The number of fused-ring (bicyclic) bond motifs is 1. The van der Waals surface area contributed by atoms with Gasteiger partial charge >= 0.3 is 11.9 Å². The molecule has 2 aliphatic rings. The highest BCUT2D eigenvalue weighted by Crippen LogP contribution is 2.21. The van der Waals surface area contributed by atoms with Crippen molar-refractivity contribution in [1.82, 2.24) is 0 Å². The highest BCUT2D eigenvalue weighted by atomic mass is 16.6. The van der Waals surface area contributed by atoms with Crippen LogP contribution in [0.4, 0.5) is 0 Å². The number of esters is 2. The van der Waals surface area contributed by atoms with Crippen molar-refractivity contribution in [2.24, 2.45) is 0 Å². The van der Waals surface area contributed by atoms with E-state index in [9.17, 15) is 14.4 Å². The molecule has 0 fully saturated rings. The number of rotatable bonds is 0. The zero-order chi connectivity index (χ0) is 14.5. The highest BCUT2D eigenvalue weighted by Gasteiger charge is 2.24. The fourth-order valence-corrected chi connectivity index (χ4v) is 2.25. The summed E-state index contributed by atoms with van der Waals surface area (Å²) >= 11 is 0. The molecular formula is C15H18O5. The van der Waals surface area contributed by atoms with Crippen LogP contribution in [0.5, 0.6) is 0 Å². The Kier molecular flexibility index (Phi) is 4.71. The lowest BCUT2D eigenvalue weighted by Crippen LogP contribution is -2.25. The maximum Gasteiger partial charge on any atom is 0.317 e. The van der Waals surface area contributed by atoms with Crippen molar-refractivity contribution >= 4 is 17.7 Å². The molecule has 2 bridgehead atoms. The topological polar surface area (TPSA) is 69.7 Å². The minimum Gasteiger partial charge on any atom is -0.462 e. The van der Waals surface area contributed by atoms with Gasteiger partial charge in [0.2, 0.25) is 0 Å². The van der Waals surface area contributed by atoms with E-state index in [0.29, 0.717) is 31.3 Å². The van der Waals surface area contributed by atoms with Crippen LogP contribution < -0.4 is 0 Å². The summed E-state index contributed by atoms with van der Waals surface area (Å²) in [6.45, 7) is 1.76. The van der Waals surface area contributed by atoms with Gasteiger partial charge in [-0.2, -0.15) is 0 Å². The summed E-state index contributed by atoms with van der Waals surface area (Å²) in [5.74, 6) is -1.09. The van der Waals surface area contributed by atoms with Crippen LogP contribution in [0.1, 0.15) is 39.0 Å². The smallest absolute Gasteiger partial charge is 0.317 e. The van der Waals surface area contributed by atoms with Gasteiger partial charge in [-0.1, -0.05) is 12.2 Å². The van der Waals surface area contributed by atoms with Crippen LogP contribution in [0.15, 0.2) is 23.8 Å². The van der Waals surface area contributed by atoms with Gasteiger partial charge in [0.25, 0.3) is 0 Å². The van der Waals surface area contributed by atoms with Crippen molar-refractivity contribution in [2.45, 2.75) is 51.2 Å². The van der Waals surface area contributed by atoms with E-state index in [2.05, 4.69) is 0 Å². The normalized spacial score (nSPS) is 30.1. The first-order valence-electron chi connectivity index (χ1n) is 6.82. The Hall–Kier alpha value is -1.91. The molecular weight excluding hydrogens is 260 g/mol. The second kappa shape index (κ2) is 6.50.